The Morgan fingerprint density at radius 2 is 1.94 bits per heavy atom. The number of anilines is 1. The number of rotatable bonds is 6. The number of urea groups is 1. The van der Waals surface area contributed by atoms with Gasteiger partial charge in [-0.05, 0) is 24.1 Å². The molecular weight excluding hydrogens is 466 g/mol. The number of nitrogens with zero attached hydrogens (tertiary/aromatic N) is 2. The van der Waals surface area contributed by atoms with Gasteiger partial charge in [0.05, 0.1) is 18.3 Å². The molecule has 34 heavy (non-hydrogen) atoms. The van der Waals surface area contributed by atoms with Gasteiger partial charge in [-0.3, -0.25) is 9.36 Å². The van der Waals surface area contributed by atoms with Gasteiger partial charge in [0.25, 0.3) is 0 Å². The number of benzene rings is 2. The molecule has 1 atom stereocenters. The summed E-state index contributed by atoms with van der Waals surface area (Å²) >= 11 is 1.31. The van der Waals surface area contributed by atoms with Crippen LogP contribution >= 0.6 is 11.8 Å². The van der Waals surface area contributed by atoms with E-state index < -0.39 is 29.1 Å². The number of para-hydroxylation sites is 1. The molecule has 0 unspecified atom stereocenters. The molecular formula is C23H22F2N4O4S. The highest BCUT2D eigenvalue weighted by atomic mass is 32.2. The number of nitrogens with two attached hydrogens (primary N) is 1. The van der Waals surface area contributed by atoms with E-state index in [1.165, 1.54) is 46.7 Å². The fraction of sp³-hybridized carbons (Fsp3) is 0.261. The van der Waals surface area contributed by atoms with Gasteiger partial charge in [0.15, 0.2) is 17.3 Å². The van der Waals surface area contributed by atoms with E-state index in [-0.39, 0.29) is 29.9 Å². The molecule has 0 spiro atoms. The Labute approximate surface area is 198 Å². The van der Waals surface area contributed by atoms with Crippen molar-refractivity contribution in [3.8, 4) is 5.75 Å². The summed E-state index contributed by atoms with van der Waals surface area (Å²) in [5.74, 6) is -2.07. The van der Waals surface area contributed by atoms with Crippen LogP contribution in [0.5, 0.6) is 5.75 Å². The number of hydrogen-bond acceptors (Lipinski definition) is 5. The van der Waals surface area contributed by atoms with Crippen molar-refractivity contribution in [2.45, 2.75) is 18.2 Å². The molecule has 178 valence electrons. The molecule has 2 heterocycles. The SMILES string of the molecule is COc1ccc(CCC(=O)[C@@H]2SCCN2C(=O)Nc2cn(C(N)=O)c3ccccc23)c(F)c1F. The summed E-state index contributed by atoms with van der Waals surface area (Å²) in [6, 6.07) is 8.46. The summed E-state index contributed by atoms with van der Waals surface area (Å²) in [6.45, 7) is 0.340. The fourth-order valence-corrected chi connectivity index (χ4v) is 5.11. The van der Waals surface area contributed by atoms with E-state index in [2.05, 4.69) is 5.32 Å². The number of primary amides is 1. The van der Waals surface area contributed by atoms with Gasteiger partial charge in [-0.25, -0.2) is 14.0 Å². The molecule has 2 aromatic carbocycles. The molecule has 3 N–H and O–H groups in total. The maximum Gasteiger partial charge on any atom is 0.323 e. The quantitative estimate of drug-likeness (QED) is 0.546. The minimum atomic E-state index is -1.10. The van der Waals surface area contributed by atoms with Crippen LogP contribution < -0.4 is 15.8 Å². The molecule has 0 aliphatic carbocycles. The lowest BCUT2D eigenvalue weighted by Crippen LogP contribution is -2.42. The van der Waals surface area contributed by atoms with Crippen molar-refractivity contribution >= 4 is 46.2 Å². The van der Waals surface area contributed by atoms with E-state index in [0.717, 1.165) is 0 Å². The number of carbonyl (C=O) groups excluding carboxylic acids is 3. The Bertz CT molecular complexity index is 1280. The number of hydrogen-bond donors (Lipinski definition) is 2. The van der Waals surface area contributed by atoms with Crippen molar-refractivity contribution in [3.63, 3.8) is 0 Å². The van der Waals surface area contributed by atoms with Crippen LogP contribution in [0.2, 0.25) is 0 Å². The standard InChI is InChI=1S/C23H22F2N4O4S/c1-33-18-9-7-13(19(24)20(18)25)6-8-17(30)21-28(10-11-34-21)23(32)27-15-12-29(22(26)31)16-5-3-2-4-14(15)16/h2-5,7,9,12,21H,6,8,10-11H2,1H3,(H2,26,31)(H,27,32)/t21-/m0/s1. The van der Waals surface area contributed by atoms with Crippen LogP contribution in [0.3, 0.4) is 0 Å². The van der Waals surface area contributed by atoms with Crippen molar-refractivity contribution in [2.75, 3.05) is 24.7 Å². The Morgan fingerprint density at radius 1 is 1.18 bits per heavy atom. The van der Waals surface area contributed by atoms with Gasteiger partial charge < -0.3 is 20.7 Å². The smallest absolute Gasteiger partial charge is 0.323 e. The maximum atomic E-state index is 14.2. The summed E-state index contributed by atoms with van der Waals surface area (Å²) in [5.41, 5.74) is 6.41. The average molecular weight is 489 g/mol. The van der Waals surface area contributed by atoms with Crippen molar-refractivity contribution in [2.24, 2.45) is 5.73 Å². The largest absolute Gasteiger partial charge is 0.494 e. The van der Waals surface area contributed by atoms with Gasteiger partial charge in [0.1, 0.15) is 5.37 Å². The number of nitrogens with one attached hydrogen (secondary N) is 1. The lowest BCUT2D eigenvalue weighted by Gasteiger charge is -2.23. The highest BCUT2D eigenvalue weighted by molar-refractivity contribution is 8.00. The number of thioether (sulfide) groups is 1. The zero-order valence-corrected chi connectivity index (χ0v) is 19.0. The summed E-state index contributed by atoms with van der Waals surface area (Å²) < 4.78 is 34.2. The summed E-state index contributed by atoms with van der Waals surface area (Å²) in [7, 11) is 1.24. The highest BCUT2D eigenvalue weighted by Gasteiger charge is 2.35. The van der Waals surface area contributed by atoms with E-state index in [9.17, 15) is 23.2 Å². The van der Waals surface area contributed by atoms with Gasteiger partial charge in [-0.15, -0.1) is 11.8 Å². The van der Waals surface area contributed by atoms with Crippen LogP contribution in [-0.4, -0.2) is 52.1 Å². The number of aryl methyl sites for hydroxylation is 1. The number of ketones is 1. The van der Waals surface area contributed by atoms with E-state index in [4.69, 9.17) is 10.5 Å². The van der Waals surface area contributed by atoms with Crippen LogP contribution in [0, 0.1) is 11.6 Å². The van der Waals surface area contributed by atoms with Gasteiger partial charge in [-0.1, -0.05) is 24.3 Å². The summed E-state index contributed by atoms with van der Waals surface area (Å²) in [5, 5.41) is 2.63. The normalized spacial score (nSPS) is 15.5. The number of aromatic nitrogens is 1. The first-order valence-electron chi connectivity index (χ1n) is 10.4. The highest BCUT2D eigenvalue weighted by Crippen LogP contribution is 2.30. The van der Waals surface area contributed by atoms with Crippen molar-refractivity contribution in [1.82, 2.24) is 9.47 Å². The number of methoxy groups -OCH3 is 1. The minimum absolute atomic E-state index is 0.00972. The second-order valence-electron chi connectivity index (χ2n) is 7.64. The number of carbonyl (C=O) groups is 3. The fourth-order valence-electron chi connectivity index (χ4n) is 3.90. The Kier molecular flexibility index (Phi) is 6.73. The molecule has 1 aliphatic rings. The first kappa shape index (κ1) is 23.6. The number of ether oxygens (including phenoxy) is 1. The molecule has 0 bridgehead atoms. The molecule has 1 aromatic heterocycles. The van der Waals surface area contributed by atoms with E-state index >= 15 is 0 Å². The third-order valence-electron chi connectivity index (χ3n) is 5.61. The van der Waals surface area contributed by atoms with Crippen LogP contribution in [0.4, 0.5) is 24.1 Å². The monoisotopic (exact) mass is 488 g/mol. The first-order valence-corrected chi connectivity index (χ1v) is 11.5. The molecule has 0 radical (unpaired) electrons. The topological polar surface area (TPSA) is 107 Å². The number of amides is 3. The predicted molar refractivity (Wildman–Crippen MR) is 125 cm³/mol. The number of fused-ring (bicyclic) bond motifs is 1. The van der Waals surface area contributed by atoms with Crippen molar-refractivity contribution in [3.05, 3.63) is 59.8 Å². The van der Waals surface area contributed by atoms with E-state index in [1.54, 1.807) is 24.3 Å². The van der Waals surface area contributed by atoms with Crippen LogP contribution in [0.25, 0.3) is 10.9 Å². The number of Topliss-reactive ketones (excluding diaryl/α,β-unsaturated/α-hetero) is 1. The Morgan fingerprint density at radius 3 is 2.68 bits per heavy atom. The molecule has 8 nitrogen and oxygen atoms in total. The molecule has 1 saturated heterocycles. The second kappa shape index (κ2) is 9.72. The molecule has 3 aromatic rings. The van der Waals surface area contributed by atoms with Crippen LogP contribution in [0.15, 0.2) is 42.6 Å². The first-order chi connectivity index (χ1) is 16.3. The molecule has 0 saturated carbocycles. The zero-order valence-electron chi connectivity index (χ0n) is 18.2. The molecule has 11 heteroatoms. The summed E-state index contributed by atoms with van der Waals surface area (Å²) in [6.07, 6.45) is 1.36. The van der Waals surface area contributed by atoms with Gasteiger partial charge in [0.2, 0.25) is 5.82 Å². The summed E-state index contributed by atoms with van der Waals surface area (Å²) in [4.78, 5) is 39.0. The maximum absolute atomic E-state index is 14.2. The Hall–Kier alpha value is -3.60. The molecule has 3 amide bonds. The van der Waals surface area contributed by atoms with Crippen LogP contribution in [0.1, 0.15) is 12.0 Å². The Balaban J connectivity index is 1.46. The zero-order chi connectivity index (χ0) is 24.4. The average Bonchev–Trinajstić information content (AvgIpc) is 3.46. The number of halogens is 2. The van der Waals surface area contributed by atoms with Gasteiger partial charge >= 0.3 is 12.1 Å². The van der Waals surface area contributed by atoms with Gasteiger partial charge in [0, 0.05) is 30.3 Å². The van der Waals surface area contributed by atoms with E-state index in [1.807, 2.05) is 0 Å². The van der Waals surface area contributed by atoms with Crippen molar-refractivity contribution < 1.29 is 27.9 Å². The molecule has 1 fully saturated rings. The molecule has 4 rings (SSSR count). The molecule has 1 aliphatic heterocycles. The third-order valence-corrected chi connectivity index (χ3v) is 6.86. The lowest BCUT2D eigenvalue weighted by molar-refractivity contribution is -0.120. The second-order valence-corrected chi connectivity index (χ2v) is 8.82. The predicted octanol–water partition coefficient (Wildman–Crippen LogP) is 3.96. The van der Waals surface area contributed by atoms with Gasteiger partial charge in [-0.2, -0.15) is 4.39 Å². The van der Waals surface area contributed by atoms with Crippen molar-refractivity contribution in [1.29, 1.82) is 0 Å². The van der Waals surface area contributed by atoms with Crippen LogP contribution in [-0.2, 0) is 11.2 Å². The van der Waals surface area contributed by atoms with E-state index in [0.29, 0.717) is 28.9 Å². The minimum Gasteiger partial charge on any atom is -0.494 e. The lowest BCUT2D eigenvalue weighted by atomic mass is 10.1. The third kappa shape index (κ3) is 4.43.